The fourth-order valence-electron chi connectivity index (χ4n) is 2.32. The van der Waals surface area contributed by atoms with Crippen LogP contribution in [0.25, 0.3) is 0 Å². The van der Waals surface area contributed by atoms with Gasteiger partial charge >= 0.3 is 6.03 Å². The second kappa shape index (κ2) is 9.20. The summed E-state index contributed by atoms with van der Waals surface area (Å²) in [6.07, 6.45) is 0.534. The maximum absolute atomic E-state index is 13.8. The quantitative estimate of drug-likeness (QED) is 0.713. The monoisotopic (exact) mass is 341 g/mol. The molecule has 0 aliphatic heterocycles. The smallest absolute Gasteiger partial charge is 0.315 e. The van der Waals surface area contributed by atoms with E-state index in [-0.39, 0.29) is 23.9 Å². The number of amides is 3. The van der Waals surface area contributed by atoms with Crippen LogP contribution in [-0.4, -0.2) is 24.0 Å². The second-order valence-electron chi connectivity index (χ2n) is 6.07. The molecule has 1 rings (SSSR count). The molecule has 0 heterocycles. The summed E-state index contributed by atoms with van der Waals surface area (Å²) >= 11 is 0. The molecule has 0 saturated heterocycles. The standard InChI is InChI=1S/C17H25F2N3O2/c1-5-15(13-9-12(18)6-7-14(13)19)22-17(24)21-11(4)8-16(23)20-10(2)3/h6-7,9-11,15H,5,8H2,1-4H3,(H,20,23)(H2,21,22,24)/t11-,15+/m1/s1. The van der Waals surface area contributed by atoms with Crippen LogP contribution in [0.4, 0.5) is 13.6 Å². The van der Waals surface area contributed by atoms with E-state index in [1.54, 1.807) is 13.8 Å². The van der Waals surface area contributed by atoms with Gasteiger partial charge in [0.1, 0.15) is 11.6 Å². The Balaban J connectivity index is 2.61. The lowest BCUT2D eigenvalue weighted by Gasteiger charge is -2.21. The molecule has 1 aromatic carbocycles. The number of hydrogen-bond acceptors (Lipinski definition) is 2. The van der Waals surface area contributed by atoms with Crippen molar-refractivity contribution in [1.29, 1.82) is 0 Å². The maximum Gasteiger partial charge on any atom is 0.315 e. The summed E-state index contributed by atoms with van der Waals surface area (Å²) in [5.41, 5.74) is 0.0952. The van der Waals surface area contributed by atoms with Crippen LogP contribution in [0.2, 0.25) is 0 Å². The van der Waals surface area contributed by atoms with Gasteiger partial charge in [0.25, 0.3) is 0 Å². The third-order valence-electron chi connectivity index (χ3n) is 3.37. The van der Waals surface area contributed by atoms with Crippen molar-refractivity contribution in [3.05, 3.63) is 35.4 Å². The minimum Gasteiger partial charge on any atom is -0.354 e. The second-order valence-corrected chi connectivity index (χ2v) is 6.07. The van der Waals surface area contributed by atoms with Crippen LogP contribution < -0.4 is 16.0 Å². The SMILES string of the molecule is CC[C@H](NC(=O)N[C@H](C)CC(=O)NC(C)C)c1cc(F)ccc1F. The number of halogens is 2. The number of nitrogens with one attached hydrogen (secondary N) is 3. The molecule has 0 bridgehead atoms. The zero-order valence-corrected chi connectivity index (χ0v) is 14.5. The topological polar surface area (TPSA) is 70.2 Å². The summed E-state index contributed by atoms with van der Waals surface area (Å²) in [5, 5.41) is 7.97. The van der Waals surface area contributed by atoms with E-state index >= 15 is 0 Å². The average Bonchev–Trinajstić information content (AvgIpc) is 2.46. The molecule has 3 amide bonds. The van der Waals surface area contributed by atoms with Crippen molar-refractivity contribution in [1.82, 2.24) is 16.0 Å². The Kier molecular flexibility index (Phi) is 7.61. The largest absolute Gasteiger partial charge is 0.354 e. The normalized spacial score (nSPS) is 13.3. The van der Waals surface area contributed by atoms with Gasteiger partial charge in [-0.1, -0.05) is 6.92 Å². The molecule has 3 N–H and O–H groups in total. The Morgan fingerprint density at radius 1 is 1.08 bits per heavy atom. The summed E-state index contributed by atoms with van der Waals surface area (Å²) < 4.78 is 27.1. The van der Waals surface area contributed by atoms with Crippen LogP contribution in [0.1, 0.15) is 52.1 Å². The van der Waals surface area contributed by atoms with Crippen molar-refractivity contribution in [2.75, 3.05) is 0 Å². The summed E-state index contributed by atoms with van der Waals surface area (Å²) in [7, 11) is 0. The first kappa shape index (κ1) is 19.9. The fraction of sp³-hybridized carbons (Fsp3) is 0.529. The van der Waals surface area contributed by atoms with Crippen molar-refractivity contribution >= 4 is 11.9 Å². The van der Waals surface area contributed by atoms with Gasteiger partial charge < -0.3 is 16.0 Å². The first-order valence-corrected chi connectivity index (χ1v) is 8.04. The lowest BCUT2D eigenvalue weighted by molar-refractivity contribution is -0.121. The van der Waals surface area contributed by atoms with Crippen LogP contribution in [0.5, 0.6) is 0 Å². The van der Waals surface area contributed by atoms with Gasteiger partial charge in [-0.15, -0.1) is 0 Å². The van der Waals surface area contributed by atoms with Crippen molar-refractivity contribution in [3.63, 3.8) is 0 Å². The van der Waals surface area contributed by atoms with Crippen molar-refractivity contribution in [3.8, 4) is 0 Å². The molecule has 7 heteroatoms. The summed E-state index contributed by atoms with van der Waals surface area (Å²) in [6.45, 7) is 7.15. The van der Waals surface area contributed by atoms with E-state index in [2.05, 4.69) is 16.0 Å². The van der Waals surface area contributed by atoms with Gasteiger partial charge in [0.05, 0.1) is 6.04 Å². The van der Waals surface area contributed by atoms with Crippen molar-refractivity contribution < 1.29 is 18.4 Å². The molecular weight excluding hydrogens is 316 g/mol. The van der Waals surface area contributed by atoms with Crippen molar-refractivity contribution in [2.45, 2.75) is 58.7 Å². The first-order valence-electron chi connectivity index (χ1n) is 8.04. The Morgan fingerprint density at radius 2 is 1.75 bits per heavy atom. The molecule has 0 aliphatic carbocycles. The highest BCUT2D eigenvalue weighted by Gasteiger charge is 2.19. The predicted molar refractivity (Wildman–Crippen MR) is 88.4 cm³/mol. The molecular formula is C17H25F2N3O2. The van der Waals surface area contributed by atoms with Gasteiger partial charge in [0, 0.05) is 24.1 Å². The number of carbonyl (C=O) groups is 2. The van der Waals surface area contributed by atoms with E-state index in [9.17, 15) is 18.4 Å². The highest BCUT2D eigenvalue weighted by atomic mass is 19.1. The Bertz CT molecular complexity index is 579. The van der Waals surface area contributed by atoms with Crippen LogP contribution in [-0.2, 0) is 4.79 Å². The lowest BCUT2D eigenvalue weighted by Crippen LogP contribution is -2.44. The van der Waals surface area contributed by atoms with Gasteiger partial charge in [0.15, 0.2) is 0 Å². The number of urea groups is 1. The van der Waals surface area contributed by atoms with E-state index in [1.807, 2.05) is 13.8 Å². The molecule has 5 nitrogen and oxygen atoms in total. The van der Waals surface area contributed by atoms with Crippen LogP contribution in [0, 0.1) is 11.6 Å². The molecule has 0 fully saturated rings. The van der Waals surface area contributed by atoms with E-state index in [1.165, 1.54) is 0 Å². The molecule has 2 atom stereocenters. The van der Waals surface area contributed by atoms with Gasteiger partial charge in [0.2, 0.25) is 5.91 Å². The molecule has 1 aromatic rings. The Hall–Kier alpha value is -2.18. The third-order valence-corrected chi connectivity index (χ3v) is 3.37. The van der Waals surface area contributed by atoms with E-state index in [0.717, 1.165) is 18.2 Å². The first-order chi connectivity index (χ1) is 11.2. The minimum absolute atomic E-state index is 0.0268. The van der Waals surface area contributed by atoms with Crippen LogP contribution in [0.15, 0.2) is 18.2 Å². The Labute approximate surface area is 141 Å². The van der Waals surface area contributed by atoms with E-state index in [4.69, 9.17) is 0 Å². The fourth-order valence-corrected chi connectivity index (χ4v) is 2.32. The van der Waals surface area contributed by atoms with E-state index in [0.29, 0.717) is 6.42 Å². The molecule has 0 radical (unpaired) electrons. The third kappa shape index (κ3) is 6.52. The molecule has 134 valence electrons. The number of rotatable bonds is 7. The zero-order valence-electron chi connectivity index (χ0n) is 14.5. The van der Waals surface area contributed by atoms with Crippen LogP contribution >= 0.6 is 0 Å². The van der Waals surface area contributed by atoms with Gasteiger partial charge in [-0.3, -0.25) is 4.79 Å². The molecule has 0 unspecified atom stereocenters. The molecule has 0 aromatic heterocycles. The number of hydrogen-bond donors (Lipinski definition) is 3. The number of carbonyl (C=O) groups excluding carboxylic acids is 2. The zero-order chi connectivity index (χ0) is 18.3. The summed E-state index contributed by atoms with van der Waals surface area (Å²) in [4.78, 5) is 23.7. The van der Waals surface area contributed by atoms with Crippen molar-refractivity contribution in [2.24, 2.45) is 0 Å². The Morgan fingerprint density at radius 3 is 2.33 bits per heavy atom. The molecule has 0 spiro atoms. The predicted octanol–water partition coefficient (Wildman–Crippen LogP) is 3.02. The van der Waals surface area contributed by atoms with E-state index < -0.39 is 29.7 Å². The number of benzene rings is 1. The summed E-state index contributed by atoms with van der Waals surface area (Å²) in [5.74, 6) is -1.31. The maximum atomic E-state index is 13.8. The van der Waals surface area contributed by atoms with Gasteiger partial charge in [-0.05, 0) is 45.4 Å². The van der Waals surface area contributed by atoms with Gasteiger partial charge in [-0.2, -0.15) is 0 Å². The lowest BCUT2D eigenvalue weighted by atomic mass is 10.0. The molecule has 0 aliphatic rings. The average molecular weight is 341 g/mol. The summed E-state index contributed by atoms with van der Waals surface area (Å²) in [6, 6.07) is 1.58. The highest BCUT2D eigenvalue weighted by molar-refractivity contribution is 5.79. The molecule has 24 heavy (non-hydrogen) atoms. The highest BCUT2D eigenvalue weighted by Crippen LogP contribution is 2.21. The van der Waals surface area contributed by atoms with Crippen LogP contribution in [0.3, 0.4) is 0 Å². The molecule has 0 saturated carbocycles. The van der Waals surface area contributed by atoms with Gasteiger partial charge in [-0.25, -0.2) is 13.6 Å². The minimum atomic E-state index is -0.655.